The van der Waals surface area contributed by atoms with E-state index in [1.807, 2.05) is 33.2 Å². The van der Waals surface area contributed by atoms with Crippen LogP contribution < -0.4 is 9.64 Å². The van der Waals surface area contributed by atoms with E-state index in [0.717, 1.165) is 10.5 Å². The molecule has 1 aromatic carbocycles. The van der Waals surface area contributed by atoms with Gasteiger partial charge in [0.05, 0.1) is 51.7 Å². The van der Waals surface area contributed by atoms with Gasteiger partial charge in [-0.1, -0.05) is 12.1 Å². The SMILES string of the molecule is CCOc1ccc([C@@H]2C(C(=O)c3ccco3)=C(O)C(=O)N2CC[NH+](C)C)cc1. The Hall–Kier alpha value is -3.06. The first kappa shape index (κ1) is 19.7. The summed E-state index contributed by atoms with van der Waals surface area (Å²) in [5.41, 5.74) is 0.766. The van der Waals surface area contributed by atoms with E-state index in [1.54, 1.807) is 18.2 Å². The van der Waals surface area contributed by atoms with E-state index in [2.05, 4.69) is 0 Å². The van der Waals surface area contributed by atoms with Gasteiger partial charge in [0.2, 0.25) is 5.78 Å². The summed E-state index contributed by atoms with van der Waals surface area (Å²) in [6, 6.07) is 9.65. The van der Waals surface area contributed by atoms with E-state index in [-0.39, 0.29) is 11.3 Å². The molecular weight excluding hydrogens is 360 g/mol. The Kier molecular flexibility index (Phi) is 5.84. The summed E-state index contributed by atoms with van der Waals surface area (Å²) in [5.74, 6) is -0.768. The maximum Gasteiger partial charge on any atom is 0.290 e. The minimum atomic E-state index is -0.680. The van der Waals surface area contributed by atoms with Gasteiger partial charge in [-0.15, -0.1) is 0 Å². The average molecular weight is 385 g/mol. The van der Waals surface area contributed by atoms with E-state index in [9.17, 15) is 14.7 Å². The average Bonchev–Trinajstić information content (AvgIpc) is 3.29. The number of furan rings is 1. The summed E-state index contributed by atoms with van der Waals surface area (Å²) in [4.78, 5) is 28.4. The van der Waals surface area contributed by atoms with Gasteiger partial charge in [-0.25, -0.2) is 0 Å². The van der Waals surface area contributed by atoms with Crippen LogP contribution in [0.15, 0.2) is 58.4 Å². The summed E-state index contributed by atoms with van der Waals surface area (Å²) in [6.07, 6.45) is 1.39. The molecule has 148 valence electrons. The number of nitrogens with one attached hydrogen (secondary N) is 1. The quantitative estimate of drug-likeness (QED) is 0.671. The van der Waals surface area contributed by atoms with Gasteiger partial charge in [0.25, 0.3) is 5.91 Å². The van der Waals surface area contributed by atoms with Crippen LogP contribution in [0.3, 0.4) is 0 Å². The second-order valence-corrected chi connectivity index (χ2v) is 6.93. The second kappa shape index (κ2) is 8.31. The summed E-state index contributed by atoms with van der Waals surface area (Å²) in [7, 11) is 3.96. The number of amides is 1. The normalized spacial score (nSPS) is 16.9. The van der Waals surface area contributed by atoms with Gasteiger partial charge in [-0.05, 0) is 36.8 Å². The third-order valence-electron chi connectivity index (χ3n) is 4.65. The molecule has 1 aromatic heterocycles. The Labute approximate surface area is 163 Å². The number of ether oxygens (including phenoxy) is 1. The smallest absolute Gasteiger partial charge is 0.290 e. The van der Waals surface area contributed by atoms with Crippen molar-refractivity contribution >= 4 is 11.7 Å². The topological polar surface area (TPSA) is 84.4 Å². The second-order valence-electron chi connectivity index (χ2n) is 6.93. The van der Waals surface area contributed by atoms with Crippen molar-refractivity contribution in [1.29, 1.82) is 0 Å². The molecule has 3 rings (SSSR count). The molecule has 0 fully saturated rings. The molecule has 1 atom stereocenters. The lowest BCUT2D eigenvalue weighted by Gasteiger charge is -2.27. The first-order chi connectivity index (χ1) is 13.4. The number of hydrogen-bond donors (Lipinski definition) is 2. The number of nitrogens with zero attached hydrogens (tertiary/aromatic N) is 1. The standard InChI is InChI=1S/C21H24N2O5/c1-4-27-15-9-7-14(8-10-15)18-17(19(24)16-6-5-13-28-16)20(25)21(26)23(18)12-11-22(2)3/h5-10,13,18,25H,4,11-12H2,1-3H3/p+1/t18-/m1/s1. The molecule has 0 unspecified atom stereocenters. The lowest BCUT2D eigenvalue weighted by Crippen LogP contribution is -3.06. The van der Waals surface area contributed by atoms with Crippen LogP contribution in [-0.4, -0.2) is 55.5 Å². The highest BCUT2D eigenvalue weighted by Gasteiger charge is 2.44. The van der Waals surface area contributed by atoms with Crippen LogP contribution in [-0.2, 0) is 4.79 Å². The zero-order valence-corrected chi connectivity index (χ0v) is 16.3. The first-order valence-electron chi connectivity index (χ1n) is 9.28. The van der Waals surface area contributed by atoms with Gasteiger partial charge >= 0.3 is 0 Å². The molecule has 2 aromatic rings. The summed E-state index contributed by atoms with van der Waals surface area (Å²) < 4.78 is 10.7. The third kappa shape index (κ3) is 3.80. The van der Waals surface area contributed by atoms with Crippen LogP contribution in [0.5, 0.6) is 5.75 Å². The van der Waals surface area contributed by atoms with Crippen LogP contribution in [0.2, 0.25) is 0 Å². The van der Waals surface area contributed by atoms with Crippen molar-refractivity contribution in [3.63, 3.8) is 0 Å². The lowest BCUT2D eigenvalue weighted by molar-refractivity contribution is -0.857. The van der Waals surface area contributed by atoms with E-state index < -0.39 is 23.5 Å². The monoisotopic (exact) mass is 385 g/mol. The number of quaternary nitrogens is 1. The summed E-state index contributed by atoms with van der Waals surface area (Å²) in [5, 5.41) is 10.5. The van der Waals surface area contributed by atoms with Crippen molar-refractivity contribution in [2.45, 2.75) is 13.0 Å². The number of aliphatic hydroxyl groups is 1. The molecule has 0 radical (unpaired) electrons. The Morgan fingerprint density at radius 1 is 1.25 bits per heavy atom. The van der Waals surface area contributed by atoms with Crippen LogP contribution in [0.25, 0.3) is 0 Å². The van der Waals surface area contributed by atoms with Crippen LogP contribution in [0, 0.1) is 0 Å². The molecule has 0 saturated carbocycles. The number of hydrogen-bond acceptors (Lipinski definition) is 5. The fraction of sp³-hybridized carbons (Fsp3) is 0.333. The van der Waals surface area contributed by atoms with Gasteiger partial charge in [-0.3, -0.25) is 9.59 Å². The number of benzene rings is 1. The van der Waals surface area contributed by atoms with Crippen molar-refractivity contribution in [2.24, 2.45) is 0 Å². The molecule has 0 saturated heterocycles. The van der Waals surface area contributed by atoms with Crippen LogP contribution in [0.4, 0.5) is 0 Å². The van der Waals surface area contributed by atoms with Gasteiger partial charge in [0.1, 0.15) is 5.75 Å². The van der Waals surface area contributed by atoms with E-state index in [1.165, 1.54) is 17.2 Å². The number of aliphatic hydroxyl groups excluding tert-OH is 1. The minimum Gasteiger partial charge on any atom is -0.503 e. The molecular formula is C21H25N2O5+. The van der Waals surface area contributed by atoms with E-state index in [4.69, 9.17) is 9.15 Å². The summed E-state index contributed by atoms with van der Waals surface area (Å²) >= 11 is 0. The highest BCUT2D eigenvalue weighted by atomic mass is 16.5. The van der Waals surface area contributed by atoms with E-state index >= 15 is 0 Å². The van der Waals surface area contributed by atoms with Crippen molar-refractivity contribution < 1.29 is 28.7 Å². The van der Waals surface area contributed by atoms with Crippen molar-refractivity contribution in [3.05, 3.63) is 65.3 Å². The van der Waals surface area contributed by atoms with Crippen LogP contribution in [0.1, 0.15) is 29.1 Å². The molecule has 0 aliphatic carbocycles. The maximum atomic E-state index is 13.0. The van der Waals surface area contributed by atoms with E-state index in [0.29, 0.717) is 25.4 Å². The Morgan fingerprint density at radius 3 is 2.54 bits per heavy atom. The van der Waals surface area contributed by atoms with Crippen LogP contribution >= 0.6 is 0 Å². The third-order valence-corrected chi connectivity index (χ3v) is 4.65. The fourth-order valence-electron chi connectivity index (χ4n) is 3.26. The molecule has 2 N–H and O–H groups in total. The zero-order chi connectivity index (χ0) is 20.3. The molecule has 7 heteroatoms. The maximum absolute atomic E-state index is 13.0. The number of Topliss-reactive ketones (excluding diaryl/α,β-unsaturated/α-hetero) is 1. The number of carbonyl (C=O) groups is 2. The largest absolute Gasteiger partial charge is 0.503 e. The predicted molar refractivity (Wildman–Crippen MR) is 102 cm³/mol. The molecule has 28 heavy (non-hydrogen) atoms. The number of ketones is 1. The first-order valence-corrected chi connectivity index (χ1v) is 9.28. The Bertz CT molecular complexity index is 869. The van der Waals surface area contributed by atoms with Gasteiger partial charge in [0, 0.05) is 0 Å². The highest BCUT2D eigenvalue weighted by molar-refractivity contribution is 6.15. The number of carbonyl (C=O) groups excluding carboxylic acids is 2. The molecule has 7 nitrogen and oxygen atoms in total. The zero-order valence-electron chi connectivity index (χ0n) is 16.3. The van der Waals surface area contributed by atoms with Crippen molar-refractivity contribution in [1.82, 2.24) is 4.90 Å². The number of rotatable bonds is 8. The number of likely N-dealkylation sites (N-methyl/N-ethyl adjacent to an activating group) is 1. The highest BCUT2D eigenvalue weighted by Crippen LogP contribution is 2.39. The lowest BCUT2D eigenvalue weighted by atomic mass is 9.95. The summed E-state index contributed by atoms with van der Waals surface area (Å²) in [6.45, 7) is 3.52. The molecule has 0 bridgehead atoms. The molecule has 1 amide bonds. The van der Waals surface area contributed by atoms with Gasteiger partial charge in [-0.2, -0.15) is 0 Å². The fourth-order valence-corrected chi connectivity index (χ4v) is 3.26. The Balaban J connectivity index is 2.01. The predicted octanol–water partition coefficient (Wildman–Crippen LogP) is 1.40. The Morgan fingerprint density at radius 2 is 1.96 bits per heavy atom. The minimum absolute atomic E-state index is 0.0397. The van der Waals surface area contributed by atoms with Crippen molar-refractivity contribution in [2.75, 3.05) is 33.8 Å². The molecule has 1 aliphatic rings. The molecule has 2 heterocycles. The molecule has 1 aliphatic heterocycles. The van der Waals surface area contributed by atoms with Gasteiger partial charge in [0.15, 0.2) is 11.5 Å². The molecule has 0 spiro atoms. The van der Waals surface area contributed by atoms with Gasteiger partial charge < -0.3 is 24.1 Å². The van der Waals surface area contributed by atoms with Crippen molar-refractivity contribution in [3.8, 4) is 5.75 Å².